The van der Waals surface area contributed by atoms with E-state index in [0.717, 1.165) is 16.9 Å². The molecule has 0 radical (unpaired) electrons. The van der Waals surface area contributed by atoms with Crippen LogP contribution in [0.15, 0.2) is 42.5 Å². The van der Waals surface area contributed by atoms with Crippen molar-refractivity contribution in [3.05, 3.63) is 59.2 Å². The van der Waals surface area contributed by atoms with Gasteiger partial charge in [0.25, 0.3) is 0 Å². The summed E-state index contributed by atoms with van der Waals surface area (Å²) in [4.78, 5) is 11.7. The molecule has 0 amide bonds. The smallest absolute Gasteiger partial charge is 0.311 e. The van der Waals surface area contributed by atoms with Crippen LogP contribution in [0, 0.1) is 6.92 Å². The van der Waals surface area contributed by atoms with Crippen molar-refractivity contribution in [3.63, 3.8) is 0 Å². The molecule has 1 unspecified atom stereocenters. The van der Waals surface area contributed by atoms with Crippen LogP contribution >= 0.6 is 0 Å². The van der Waals surface area contributed by atoms with Gasteiger partial charge in [0.05, 0.1) is 12.5 Å². The molecular weight excluding hydrogens is 280 g/mol. The minimum atomic E-state index is -0.907. The van der Waals surface area contributed by atoms with E-state index >= 15 is 0 Å². The van der Waals surface area contributed by atoms with Crippen molar-refractivity contribution in [2.24, 2.45) is 0 Å². The second kappa shape index (κ2) is 6.98. The summed E-state index contributed by atoms with van der Waals surface area (Å²) >= 11 is 0. The molecule has 2 N–H and O–H groups in total. The maximum atomic E-state index is 11.7. The van der Waals surface area contributed by atoms with Gasteiger partial charge in [-0.3, -0.25) is 4.79 Å². The Kier molecular flexibility index (Phi) is 5.04. The lowest BCUT2D eigenvalue weighted by molar-refractivity contribution is -0.138. The lowest BCUT2D eigenvalue weighted by Gasteiger charge is -2.17. The second-order valence-electron chi connectivity index (χ2n) is 5.18. The molecule has 2 aromatic rings. The van der Waals surface area contributed by atoms with Crippen LogP contribution in [-0.2, 0) is 11.2 Å². The lowest BCUT2D eigenvalue weighted by atomic mass is 9.89. The highest BCUT2D eigenvalue weighted by atomic mass is 16.5. The van der Waals surface area contributed by atoms with Crippen LogP contribution < -0.4 is 4.74 Å². The molecular formula is C18H20O4. The van der Waals surface area contributed by atoms with Crippen molar-refractivity contribution < 1.29 is 19.7 Å². The molecule has 22 heavy (non-hydrogen) atoms. The summed E-state index contributed by atoms with van der Waals surface area (Å²) in [7, 11) is 0. The summed E-state index contributed by atoms with van der Waals surface area (Å²) in [5.74, 6) is -0.757. The summed E-state index contributed by atoms with van der Waals surface area (Å²) in [6, 6.07) is 12.2. The van der Waals surface area contributed by atoms with Crippen molar-refractivity contribution in [2.45, 2.75) is 26.2 Å². The highest BCUT2D eigenvalue weighted by Gasteiger charge is 2.23. The minimum absolute atomic E-state index is 0.123. The highest BCUT2D eigenvalue weighted by Crippen LogP contribution is 2.30. The number of para-hydroxylation sites is 1. The molecule has 2 aromatic carbocycles. The first-order valence-electron chi connectivity index (χ1n) is 7.26. The van der Waals surface area contributed by atoms with Gasteiger partial charge in [-0.25, -0.2) is 0 Å². The Morgan fingerprint density at radius 1 is 1.23 bits per heavy atom. The summed E-state index contributed by atoms with van der Waals surface area (Å²) in [5, 5.41) is 19.4. The Morgan fingerprint density at radius 3 is 2.55 bits per heavy atom. The van der Waals surface area contributed by atoms with E-state index in [4.69, 9.17) is 4.74 Å². The zero-order valence-electron chi connectivity index (χ0n) is 12.7. The monoisotopic (exact) mass is 300 g/mol. The average molecular weight is 300 g/mol. The molecule has 0 saturated carbocycles. The third-order valence-electron chi connectivity index (χ3n) is 3.64. The topological polar surface area (TPSA) is 66.8 Å². The first-order chi connectivity index (χ1) is 10.5. The fraction of sp³-hybridized carbons (Fsp3) is 0.278. The van der Waals surface area contributed by atoms with Gasteiger partial charge >= 0.3 is 5.97 Å². The number of aryl methyl sites for hydroxylation is 1. The Bertz CT molecular complexity index is 664. The third-order valence-corrected chi connectivity index (χ3v) is 3.64. The highest BCUT2D eigenvalue weighted by molar-refractivity contribution is 5.77. The van der Waals surface area contributed by atoms with Crippen molar-refractivity contribution in [3.8, 4) is 11.5 Å². The molecule has 4 nitrogen and oxygen atoms in total. The van der Waals surface area contributed by atoms with Crippen molar-refractivity contribution in [2.75, 3.05) is 6.61 Å². The maximum Gasteiger partial charge on any atom is 0.311 e. The first kappa shape index (κ1) is 15.9. The van der Waals surface area contributed by atoms with Crippen molar-refractivity contribution in [1.29, 1.82) is 0 Å². The molecule has 4 heteroatoms. The van der Waals surface area contributed by atoms with E-state index in [9.17, 15) is 15.0 Å². The minimum Gasteiger partial charge on any atom is -0.508 e. The second-order valence-corrected chi connectivity index (χ2v) is 5.18. The third kappa shape index (κ3) is 3.58. The number of phenolic OH excluding ortho intramolecular Hbond substituents is 1. The number of ether oxygens (including phenoxy) is 1. The van der Waals surface area contributed by atoms with Gasteiger partial charge in [0.1, 0.15) is 11.5 Å². The summed E-state index contributed by atoms with van der Waals surface area (Å²) in [6.07, 6.45) is 0.247. The lowest BCUT2D eigenvalue weighted by Crippen LogP contribution is -2.16. The van der Waals surface area contributed by atoms with Gasteiger partial charge in [-0.1, -0.05) is 24.3 Å². The number of hydrogen-bond acceptors (Lipinski definition) is 3. The van der Waals surface area contributed by atoms with E-state index in [1.807, 2.05) is 19.9 Å². The number of aliphatic carboxylic acids is 1. The molecule has 0 aliphatic heterocycles. The maximum absolute atomic E-state index is 11.7. The molecule has 0 saturated heterocycles. The number of phenols is 1. The van der Waals surface area contributed by atoms with Crippen LogP contribution in [0.5, 0.6) is 11.5 Å². The van der Waals surface area contributed by atoms with Crippen LogP contribution in [-0.4, -0.2) is 22.8 Å². The van der Waals surface area contributed by atoms with Gasteiger partial charge in [-0.05, 0) is 55.2 Å². The average Bonchev–Trinajstić information content (AvgIpc) is 2.47. The molecule has 0 aliphatic carbocycles. The molecule has 1 atom stereocenters. The van der Waals surface area contributed by atoms with Crippen molar-refractivity contribution in [1.82, 2.24) is 0 Å². The molecule has 0 bridgehead atoms. The predicted molar refractivity (Wildman–Crippen MR) is 84.5 cm³/mol. The van der Waals surface area contributed by atoms with Crippen LogP contribution in [0.2, 0.25) is 0 Å². The van der Waals surface area contributed by atoms with E-state index in [0.29, 0.717) is 12.2 Å². The largest absolute Gasteiger partial charge is 0.508 e. The molecule has 0 fully saturated rings. The Hall–Kier alpha value is -2.49. The van der Waals surface area contributed by atoms with Gasteiger partial charge in [0.2, 0.25) is 0 Å². The number of hydrogen-bond donors (Lipinski definition) is 2. The molecule has 116 valence electrons. The number of aromatic hydroxyl groups is 1. The van der Waals surface area contributed by atoms with E-state index in [-0.39, 0.29) is 12.2 Å². The molecule has 0 aromatic heterocycles. The van der Waals surface area contributed by atoms with E-state index in [1.54, 1.807) is 36.4 Å². The van der Waals surface area contributed by atoms with Gasteiger partial charge in [-0.2, -0.15) is 0 Å². The van der Waals surface area contributed by atoms with Crippen molar-refractivity contribution >= 4 is 5.97 Å². The molecule has 0 heterocycles. The van der Waals surface area contributed by atoms with Crippen LogP contribution in [0.25, 0.3) is 0 Å². The molecule has 0 aliphatic rings. The zero-order chi connectivity index (χ0) is 16.1. The fourth-order valence-corrected chi connectivity index (χ4v) is 2.53. The quantitative estimate of drug-likeness (QED) is 0.856. The first-order valence-corrected chi connectivity index (χ1v) is 7.26. The van der Waals surface area contributed by atoms with Crippen LogP contribution in [0.3, 0.4) is 0 Å². The van der Waals surface area contributed by atoms with Crippen LogP contribution in [0.4, 0.5) is 0 Å². The Morgan fingerprint density at radius 2 is 1.95 bits per heavy atom. The zero-order valence-corrected chi connectivity index (χ0v) is 12.7. The van der Waals surface area contributed by atoms with Gasteiger partial charge in [0, 0.05) is 0 Å². The summed E-state index contributed by atoms with van der Waals surface area (Å²) < 4.78 is 5.43. The van der Waals surface area contributed by atoms with Crippen LogP contribution in [0.1, 0.15) is 29.5 Å². The number of carbonyl (C=O) groups is 1. The number of benzene rings is 2. The van der Waals surface area contributed by atoms with Gasteiger partial charge in [-0.15, -0.1) is 0 Å². The number of rotatable bonds is 6. The van der Waals surface area contributed by atoms with Gasteiger partial charge in [0.15, 0.2) is 0 Å². The normalized spacial score (nSPS) is 11.9. The SMILES string of the molecule is CCOc1ccc(C(Cc2ccccc2O)C(=O)O)c(C)c1. The summed E-state index contributed by atoms with van der Waals surface area (Å²) in [5.41, 5.74) is 2.23. The van der Waals surface area contributed by atoms with Gasteiger partial charge < -0.3 is 14.9 Å². The van der Waals surface area contributed by atoms with E-state index in [2.05, 4.69) is 0 Å². The summed E-state index contributed by atoms with van der Waals surface area (Å²) in [6.45, 7) is 4.35. The van der Waals surface area contributed by atoms with E-state index < -0.39 is 11.9 Å². The standard InChI is InChI=1S/C18H20O4/c1-3-22-14-8-9-15(12(2)10-14)16(18(20)21)11-13-6-4-5-7-17(13)19/h4-10,16,19H,3,11H2,1-2H3,(H,20,21). The van der Waals surface area contributed by atoms with E-state index in [1.165, 1.54) is 0 Å². The molecule has 2 rings (SSSR count). The molecule has 0 spiro atoms. The number of carboxylic acids is 1. The Balaban J connectivity index is 2.32. The number of carboxylic acid groups (broad SMARTS) is 1. The predicted octanol–water partition coefficient (Wildman–Crippen LogP) is 3.51. The fourth-order valence-electron chi connectivity index (χ4n) is 2.53. The Labute approximate surface area is 130 Å².